The van der Waals surface area contributed by atoms with Gasteiger partial charge in [-0.1, -0.05) is 18.2 Å². The first-order valence-corrected chi connectivity index (χ1v) is 9.33. The molecule has 0 aliphatic carbocycles. The normalized spacial score (nSPS) is 11.2. The van der Waals surface area contributed by atoms with Gasteiger partial charge in [0.2, 0.25) is 0 Å². The topological polar surface area (TPSA) is 23.4 Å². The summed E-state index contributed by atoms with van der Waals surface area (Å²) in [5, 5.41) is 2.23. The molecule has 5 heteroatoms. The number of ether oxygens (including phenoxy) is 2. The number of halogens is 2. The van der Waals surface area contributed by atoms with Crippen LogP contribution >= 0.6 is 31.9 Å². The first-order valence-electron chi connectivity index (χ1n) is 7.74. The monoisotopic (exact) mass is 459 g/mol. The second-order valence-corrected chi connectivity index (χ2v) is 7.39. The molecule has 4 rings (SSSR count). The lowest BCUT2D eigenvalue weighted by Gasteiger charge is -2.09. The Morgan fingerprint density at radius 3 is 1.64 bits per heavy atom. The van der Waals surface area contributed by atoms with Gasteiger partial charge in [0.15, 0.2) is 0 Å². The van der Waals surface area contributed by atoms with Gasteiger partial charge in [-0.2, -0.15) is 0 Å². The van der Waals surface area contributed by atoms with Crippen LogP contribution in [0.3, 0.4) is 0 Å². The minimum Gasteiger partial charge on any atom is -0.496 e. The fourth-order valence-electron chi connectivity index (χ4n) is 3.19. The van der Waals surface area contributed by atoms with E-state index >= 15 is 0 Å². The lowest BCUT2D eigenvalue weighted by Crippen LogP contribution is -1.94. The van der Waals surface area contributed by atoms with E-state index < -0.39 is 0 Å². The molecule has 0 spiro atoms. The number of nitrogens with zero attached hydrogens (tertiary/aromatic N) is 1. The summed E-state index contributed by atoms with van der Waals surface area (Å²) in [6.45, 7) is 0. The zero-order chi connectivity index (χ0) is 17.6. The van der Waals surface area contributed by atoms with Gasteiger partial charge in [0.1, 0.15) is 11.5 Å². The van der Waals surface area contributed by atoms with Crippen LogP contribution in [0.5, 0.6) is 11.5 Å². The standard InChI is InChI=1S/C20H15Br2NO2/c1-24-19-8-13-14-9-20(25-2)16(22)11-18(14)23(17(13)10-15(19)21)12-6-4-3-5-7-12/h3-11H,1-2H3. The Kier molecular flexibility index (Phi) is 4.21. The summed E-state index contributed by atoms with van der Waals surface area (Å²) in [4.78, 5) is 0. The van der Waals surface area contributed by atoms with E-state index in [2.05, 4.69) is 72.8 Å². The second-order valence-electron chi connectivity index (χ2n) is 5.68. The molecule has 0 aliphatic rings. The average molecular weight is 461 g/mol. The van der Waals surface area contributed by atoms with E-state index in [0.29, 0.717) is 0 Å². The highest BCUT2D eigenvalue weighted by Crippen LogP contribution is 2.41. The highest BCUT2D eigenvalue weighted by atomic mass is 79.9. The van der Waals surface area contributed by atoms with Crippen molar-refractivity contribution in [2.24, 2.45) is 0 Å². The second kappa shape index (κ2) is 6.39. The van der Waals surface area contributed by atoms with E-state index in [9.17, 15) is 0 Å². The summed E-state index contributed by atoms with van der Waals surface area (Å²) in [5.74, 6) is 1.61. The van der Waals surface area contributed by atoms with Crippen LogP contribution in [0, 0.1) is 0 Å². The quantitative estimate of drug-likeness (QED) is 0.356. The summed E-state index contributed by atoms with van der Waals surface area (Å²) in [6, 6.07) is 18.7. The van der Waals surface area contributed by atoms with Crippen molar-refractivity contribution in [3.8, 4) is 17.2 Å². The van der Waals surface area contributed by atoms with Gasteiger partial charge in [-0.25, -0.2) is 0 Å². The number of hydrogen-bond donors (Lipinski definition) is 0. The Hall–Kier alpha value is -1.98. The van der Waals surface area contributed by atoms with Gasteiger partial charge in [-0.15, -0.1) is 0 Å². The third kappa shape index (κ3) is 2.62. The van der Waals surface area contributed by atoms with E-state index in [1.807, 2.05) is 18.2 Å². The molecule has 0 bridgehead atoms. The van der Waals surface area contributed by atoms with Crippen molar-refractivity contribution in [3.63, 3.8) is 0 Å². The molecule has 3 aromatic carbocycles. The van der Waals surface area contributed by atoms with Crippen LogP contribution in [0.15, 0.2) is 63.5 Å². The number of fused-ring (bicyclic) bond motifs is 3. The van der Waals surface area contributed by atoms with Gasteiger partial charge in [-0.05, 0) is 68.3 Å². The van der Waals surface area contributed by atoms with Crippen LogP contribution in [-0.4, -0.2) is 18.8 Å². The third-order valence-corrected chi connectivity index (χ3v) is 5.57. The molecule has 4 aromatic rings. The predicted molar refractivity (Wildman–Crippen MR) is 109 cm³/mol. The van der Waals surface area contributed by atoms with E-state index in [0.717, 1.165) is 47.9 Å². The van der Waals surface area contributed by atoms with Gasteiger partial charge in [0.25, 0.3) is 0 Å². The Balaban J connectivity index is 2.21. The van der Waals surface area contributed by atoms with Crippen molar-refractivity contribution in [1.29, 1.82) is 0 Å². The fourth-order valence-corrected chi connectivity index (χ4v) is 4.17. The SMILES string of the molecule is COc1cc2c3cc(OC)c(Br)cc3n(-c3ccccc3)c2cc1Br. The van der Waals surface area contributed by atoms with Crippen molar-refractivity contribution >= 4 is 53.7 Å². The molecule has 0 atom stereocenters. The summed E-state index contributed by atoms with van der Waals surface area (Å²) in [5.41, 5.74) is 3.32. The molecule has 0 radical (unpaired) electrons. The molecule has 0 N–H and O–H groups in total. The first-order chi connectivity index (χ1) is 12.1. The maximum Gasteiger partial charge on any atom is 0.133 e. The molecule has 126 valence electrons. The average Bonchev–Trinajstić information content (AvgIpc) is 2.92. The summed E-state index contributed by atoms with van der Waals surface area (Å²) < 4.78 is 15.1. The molecule has 25 heavy (non-hydrogen) atoms. The molecule has 0 fully saturated rings. The number of para-hydroxylation sites is 1. The van der Waals surface area contributed by atoms with Crippen LogP contribution < -0.4 is 9.47 Å². The van der Waals surface area contributed by atoms with Gasteiger partial charge in [0.05, 0.1) is 34.2 Å². The predicted octanol–water partition coefficient (Wildman–Crippen LogP) is 6.33. The van der Waals surface area contributed by atoms with Crippen LogP contribution in [0.4, 0.5) is 0 Å². The lowest BCUT2D eigenvalue weighted by atomic mass is 10.1. The minimum atomic E-state index is 0.807. The zero-order valence-corrected chi connectivity index (χ0v) is 16.9. The van der Waals surface area contributed by atoms with E-state index in [4.69, 9.17) is 9.47 Å². The minimum absolute atomic E-state index is 0.807. The van der Waals surface area contributed by atoms with Crippen LogP contribution in [0.2, 0.25) is 0 Å². The summed E-state index contributed by atoms with van der Waals surface area (Å²) in [6.07, 6.45) is 0. The van der Waals surface area contributed by atoms with Crippen LogP contribution in [0.25, 0.3) is 27.5 Å². The van der Waals surface area contributed by atoms with Gasteiger partial charge < -0.3 is 14.0 Å². The molecule has 1 heterocycles. The lowest BCUT2D eigenvalue weighted by molar-refractivity contribution is 0.412. The Morgan fingerprint density at radius 2 is 1.20 bits per heavy atom. The largest absolute Gasteiger partial charge is 0.496 e. The molecule has 0 saturated heterocycles. The number of aromatic nitrogens is 1. The van der Waals surface area contributed by atoms with E-state index in [1.54, 1.807) is 14.2 Å². The summed E-state index contributed by atoms with van der Waals surface area (Å²) >= 11 is 7.22. The molecular weight excluding hydrogens is 446 g/mol. The molecule has 0 aliphatic heterocycles. The van der Waals surface area contributed by atoms with Crippen molar-refractivity contribution in [2.75, 3.05) is 14.2 Å². The van der Waals surface area contributed by atoms with Gasteiger partial charge in [0, 0.05) is 16.5 Å². The molecule has 3 nitrogen and oxygen atoms in total. The van der Waals surface area contributed by atoms with Crippen molar-refractivity contribution < 1.29 is 9.47 Å². The maximum absolute atomic E-state index is 5.50. The fraction of sp³-hybridized carbons (Fsp3) is 0.100. The Labute approximate surface area is 162 Å². The number of rotatable bonds is 3. The molecule has 0 unspecified atom stereocenters. The first kappa shape index (κ1) is 16.5. The van der Waals surface area contributed by atoms with Gasteiger partial charge >= 0.3 is 0 Å². The van der Waals surface area contributed by atoms with E-state index in [-0.39, 0.29) is 0 Å². The number of methoxy groups -OCH3 is 2. The van der Waals surface area contributed by atoms with Crippen LogP contribution in [0.1, 0.15) is 0 Å². The van der Waals surface area contributed by atoms with Gasteiger partial charge in [-0.3, -0.25) is 0 Å². The Morgan fingerprint density at radius 1 is 0.720 bits per heavy atom. The number of benzene rings is 3. The van der Waals surface area contributed by atoms with Crippen molar-refractivity contribution in [3.05, 3.63) is 63.5 Å². The summed E-state index contributed by atoms with van der Waals surface area (Å²) in [7, 11) is 3.36. The molecule has 0 saturated carbocycles. The third-order valence-electron chi connectivity index (χ3n) is 4.33. The van der Waals surface area contributed by atoms with Crippen molar-refractivity contribution in [1.82, 2.24) is 4.57 Å². The zero-order valence-electron chi connectivity index (χ0n) is 13.7. The Bertz CT molecular complexity index is 1020. The maximum atomic E-state index is 5.50. The van der Waals surface area contributed by atoms with E-state index in [1.165, 1.54) is 0 Å². The smallest absolute Gasteiger partial charge is 0.133 e. The highest BCUT2D eigenvalue weighted by molar-refractivity contribution is 9.11. The molecular formula is C20H15Br2NO2. The number of hydrogen-bond acceptors (Lipinski definition) is 2. The van der Waals surface area contributed by atoms with Crippen molar-refractivity contribution in [2.45, 2.75) is 0 Å². The molecule has 1 aromatic heterocycles. The molecule has 0 amide bonds. The van der Waals surface area contributed by atoms with Crippen LogP contribution in [-0.2, 0) is 0 Å². The highest BCUT2D eigenvalue weighted by Gasteiger charge is 2.17.